The fraction of sp³-hybridized carbons (Fsp3) is 0.524. The zero-order valence-electron chi connectivity index (χ0n) is 17.9. The van der Waals surface area contributed by atoms with Crippen LogP contribution in [-0.4, -0.2) is 51.3 Å². The van der Waals surface area contributed by atoms with E-state index in [-0.39, 0.29) is 18.8 Å². The lowest BCUT2D eigenvalue weighted by atomic mass is 9.49. The Bertz CT molecular complexity index is 1080. The maximum atomic E-state index is 13.7. The van der Waals surface area contributed by atoms with Crippen LogP contribution in [-0.2, 0) is 9.97 Å². The number of rotatable bonds is 5. The van der Waals surface area contributed by atoms with Crippen molar-refractivity contribution in [3.63, 3.8) is 0 Å². The number of hydrogen-bond acceptors (Lipinski definition) is 4. The molecule has 3 aromatic rings. The van der Waals surface area contributed by atoms with Crippen molar-refractivity contribution >= 4 is 34.6 Å². The maximum absolute atomic E-state index is 13.7. The first-order valence-electron chi connectivity index (χ1n) is 10.2. The minimum absolute atomic E-state index is 0.0749. The van der Waals surface area contributed by atoms with E-state index in [4.69, 9.17) is 32.8 Å². The van der Waals surface area contributed by atoms with E-state index >= 15 is 0 Å². The molecule has 1 saturated carbocycles. The number of nitrogens with zero attached hydrogens (tertiary/aromatic N) is 3. The van der Waals surface area contributed by atoms with Gasteiger partial charge in [-0.3, -0.25) is 0 Å². The molecular weight excluding hydrogens is 397 g/mol. The smallest absolute Gasteiger partial charge is 0.248 e. The molecule has 0 aromatic carbocycles. The van der Waals surface area contributed by atoms with Gasteiger partial charge in [-0.2, -0.15) is 0 Å². The Kier molecular flexibility index (Phi) is 5.57. The van der Waals surface area contributed by atoms with Gasteiger partial charge in [0, 0.05) is 54.4 Å². The fourth-order valence-corrected chi connectivity index (χ4v) is 4.62. The Labute approximate surface area is 184 Å². The van der Waals surface area contributed by atoms with Crippen LogP contribution in [0.4, 0.5) is 8.78 Å². The highest BCUT2D eigenvalue weighted by molar-refractivity contribution is 6.56. The highest BCUT2D eigenvalue weighted by atomic mass is 19.3. The SMILES string of the molecule is [B]C([B])([B])n1cc(C(OC)C2CCC(F)(F)CC2)c2cc(-c3c(C)noc3C)cnc21. The van der Waals surface area contributed by atoms with Gasteiger partial charge in [0.15, 0.2) is 0 Å². The van der Waals surface area contributed by atoms with Crippen LogP contribution in [0.2, 0.25) is 0 Å². The first-order valence-corrected chi connectivity index (χ1v) is 10.2. The minimum atomic E-state index is -2.62. The average molecular weight is 419 g/mol. The van der Waals surface area contributed by atoms with E-state index in [1.165, 1.54) is 4.57 Å². The Morgan fingerprint density at radius 1 is 1.26 bits per heavy atom. The molecule has 0 bridgehead atoms. The van der Waals surface area contributed by atoms with Gasteiger partial charge in [-0.15, -0.1) is 0 Å². The molecule has 1 unspecified atom stereocenters. The van der Waals surface area contributed by atoms with Gasteiger partial charge in [-0.05, 0) is 38.7 Å². The number of alkyl halides is 2. The number of ether oxygens (including phenoxy) is 1. The molecule has 0 aliphatic heterocycles. The molecule has 0 spiro atoms. The predicted octanol–water partition coefficient (Wildman–Crippen LogP) is 3.89. The molecule has 0 saturated heterocycles. The lowest BCUT2D eigenvalue weighted by Crippen LogP contribution is -2.34. The summed E-state index contributed by atoms with van der Waals surface area (Å²) < 4.78 is 40.1. The van der Waals surface area contributed by atoms with Crippen molar-refractivity contribution in [3.8, 4) is 11.1 Å². The number of pyridine rings is 1. The average Bonchev–Trinajstić information content (AvgIpc) is 3.23. The number of fused-ring (bicyclic) bond motifs is 1. The first kappa shape index (κ1) is 22.1. The second-order valence-corrected chi connectivity index (χ2v) is 8.49. The van der Waals surface area contributed by atoms with Gasteiger partial charge >= 0.3 is 0 Å². The number of hydrogen-bond donors (Lipinski definition) is 0. The van der Waals surface area contributed by atoms with Gasteiger partial charge in [0.2, 0.25) is 5.92 Å². The largest absolute Gasteiger partial charge is 0.376 e. The van der Waals surface area contributed by atoms with E-state index in [9.17, 15) is 8.78 Å². The zero-order valence-corrected chi connectivity index (χ0v) is 17.9. The molecule has 6 radical (unpaired) electrons. The minimum Gasteiger partial charge on any atom is -0.376 e. The molecule has 31 heavy (non-hydrogen) atoms. The predicted molar refractivity (Wildman–Crippen MR) is 117 cm³/mol. The lowest BCUT2D eigenvalue weighted by molar-refractivity contribution is -0.0687. The van der Waals surface area contributed by atoms with Crippen LogP contribution in [0.5, 0.6) is 0 Å². The molecule has 3 heterocycles. The van der Waals surface area contributed by atoms with E-state index in [1.54, 1.807) is 19.5 Å². The summed E-state index contributed by atoms with van der Waals surface area (Å²) in [5.74, 6) is -2.03. The molecule has 3 aromatic heterocycles. The third-order valence-electron chi connectivity index (χ3n) is 6.16. The van der Waals surface area contributed by atoms with Gasteiger partial charge in [0.1, 0.15) is 11.4 Å². The Hall–Kier alpha value is -2.09. The van der Waals surface area contributed by atoms with Gasteiger partial charge in [-0.1, -0.05) is 10.4 Å². The summed E-state index contributed by atoms with van der Waals surface area (Å²) in [7, 11) is 19.5. The summed E-state index contributed by atoms with van der Waals surface area (Å²) in [6, 6.07) is 1.94. The third kappa shape index (κ3) is 4.06. The van der Waals surface area contributed by atoms with Gasteiger partial charge in [-0.25, -0.2) is 13.8 Å². The third-order valence-corrected chi connectivity index (χ3v) is 6.16. The number of aromatic nitrogens is 3. The summed E-state index contributed by atoms with van der Waals surface area (Å²) >= 11 is 0. The van der Waals surface area contributed by atoms with Crippen LogP contribution >= 0.6 is 0 Å². The molecule has 0 N–H and O–H groups in total. The normalized spacial score (nSPS) is 18.5. The standard InChI is InChI=1S/C21H22B3F2N3O2/c1-11-17(12(2)31-28-11)14-8-15-16(10-29(21(22,23)24)19(15)27-9-14)18(30-3)13-4-6-20(25,26)7-5-13/h8-10,13,18H,4-7H2,1-3H3. The topological polar surface area (TPSA) is 53.1 Å². The maximum Gasteiger partial charge on any atom is 0.248 e. The Balaban J connectivity index is 1.85. The van der Waals surface area contributed by atoms with Crippen LogP contribution in [0.25, 0.3) is 22.2 Å². The van der Waals surface area contributed by atoms with Crippen molar-refractivity contribution in [2.24, 2.45) is 5.92 Å². The summed E-state index contributed by atoms with van der Waals surface area (Å²) in [6.45, 7) is 3.68. The Morgan fingerprint density at radius 3 is 2.48 bits per heavy atom. The summed E-state index contributed by atoms with van der Waals surface area (Å²) in [5.41, 5.74) is 3.65. The van der Waals surface area contributed by atoms with Crippen molar-refractivity contribution in [1.82, 2.24) is 14.7 Å². The Morgan fingerprint density at radius 2 is 1.94 bits per heavy atom. The molecule has 10 heteroatoms. The van der Waals surface area contributed by atoms with E-state index in [2.05, 4.69) is 10.1 Å². The van der Waals surface area contributed by atoms with Crippen LogP contribution in [0.3, 0.4) is 0 Å². The molecule has 1 atom stereocenters. The van der Waals surface area contributed by atoms with Crippen molar-refractivity contribution in [2.75, 3.05) is 7.11 Å². The van der Waals surface area contributed by atoms with E-state index in [1.807, 2.05) is 19.9 Å². The van der Waals surface area contributed by atoms with Gasteiger partial charge in [0.05, 0.1) is 35.3 Å². The van der Waals surface area contributed by atoms with E-state index in [0.717, 1.165) is 27.8 Å². The molecular formula is C21H22B3F2N3O2. The van der Waals surface area contributed by atoms with Crippen molar-refractivity contribution < 1.29 is 18.0 Å². The summed E-state index contributed by atoms with van der Waals surface area (Å²) in [6.07, 6.45) is 3.37. The lowest BCUT2D eigenvalue weighted by Gasteiger charge is -2.33. The van der Waals surface area contributed by atoms with Gasteiger partial charge in [0.25, 0.3) is 0 Å². The second kappa shape index (κ2) is 7.80. The number of methoxy groups -OCH3 is 1. The van der Waals surface area contributed by atoms with Crippen LogP contribution in [0.1, 0.15) is 48.8 Å². The molecule has 1 fully saturated rings. The van der Waals surface area contributed by atoms with Crippen molar-refractivity contribution in [1.29, 1.82) is 0 Å². The molecule has 1 aliphatic rings. The highest BCUT2D eigenvalue weighted by Crippen LogP contribution is 2.45. The van der Waals surface area contributed by atoms with Crippen LogP contribution in [0.15, 0.2) is 23.0 Å². The zero-order chi connectivity index (χ0) is 22.6. The van der Waals surface area contributed by atoms with E-state index in [0.29, 0.717) is 24.2 Å². The molecule has 4 rings (SSSR count). The molecule has 156 valence electrons. The fourth-order valence-electron chi connectivity index (χ4n) is 4.62. The van der Waals surface area contributed by atoms with Crippen molar-refractivity contribution in [3.05, 3.63) is 35.5 Å². The second-order valence-electron chi connectivity index (χ2n) is 8.49. The van der Waals surface area contributed by atoms with Crippen molar-refractivity contribution in [2.45, 2.75) is 56.8 Å². The number of halogens is 2. The van der Waals surface area contributed by atoms with Crippen LogP contribution < -0.4 is 0 Å². The molecule has 5 nitrogen and oxygen atoms in total. The molecule has 1 aliphatic carbocycles. The van der Waals surface area contributed by atoms with Gasteiger partial charge < -0.3 is 13.8 Å². The quantitative estimate of drug-likeness (QED) is 0.590. The van der Waals surface area contributed by atoms with E-state index < -0.39 is 17.3 Å². The van der Waals surface area contributed by atoms with Crippen LogP contribution in [0, 0.1) is 19.8 Å². The number of aryl methyl sites for hydroxylation is 2. The summed E-state index contributed by atoms with van der Waals surface area (Å²) in [5, 5.41) is 3.07. The first-order chi connectivity index (χ1) is 14.5. The summed E-state index contributed by atoms with van der Waals surface area (Å²) in [4.78, 5) is 4.57. The highest BCUT2D eigenvalue weighted by Gasteiger charge is 2.39. The molecule has 0 amide bonds. The monoisotopic (exact) mass is 419 g/mol.